The number of hydrogen-bond acceptors (Lipinski definition) is 5. The van der Waals surface area contributed by atoms with Crippen molar-refractivity contribution in [3.8, 4) is 61.9 Å². The molecule has 0 amide bonds. The van der Waals surface area contributed by atoms with Gasteiger partial charge in [0.15, 0.2) is 17.5 Å². The molecule has 9 aromatic rings. The van der Waals surface area contributed by atoms with Gasteiger partial charge in [-0.3, -0.25) is 0 Å². The molecule has 1 aliphatic carbocycles. The van der Waals surface area contributed by atoms with Gasteiger partial charge in [0.25, 0.3) is 0 Å². The number of aromatic nitrogens is 3. The number of ether oxygens (including phenoxy) is 1. The van der Waals surface area contributed by atoms with E-state index in [9.17, 15) is 0 Å². The first-order valence-electron chi connectivity index (χ1n) is 18.9. The van der Waals surface area contributed by atoms with Crippen molar-refractivity contribution >= 4 is 42.7 Å². The zero-order valence-corrected chi connectivity index (χ0v) is 31.1. The smallest absolute Gasteiger partial charge is 0.164 e. The van der Waals surface area contributed by atoms with Crippen LogP contribution in [0.15, 0.2) is 182 Å². The van der Waals surface area contributed by atoms with Gasteiger partial charge in [-0.25, -0.2) is 15.0 Å². The lowest BCUT2D eigenvalue weighted by atomic mass is 9.88. The molecule has 264 valence electrons. The number of thiophene rings is 1. The van der Waals surface area contributed by atoms with Crippen LogP contribution < -0.4 is 4.74 Å². The Kier molecular flexibility index (Phi) is 7.78. The minimum Gasteiger partial charge on any atom is -0.485 e. The van der Waals surface area contributed by atoms with Crippen LogP contribution in [0, 0.1) is 0 Å². The van der Waals surface area contributed by atoms with Crippen LogP contribution >= 0.6 is 11.3 Å². The van der Waals surface area contributed by atoms with E-state index >= 15 is 0 Å². The summed E-state index contributed by atoms with van der Waals surface area (Å²) in [6.07, 6.45) is 5.00. The van der Waals surface area contributed by atoms with Gasteiger partial charge >= 0.3 is 0 Å². The molecule has 11 rings (SSSR count). The summed E-state index contributed by atoms with van der Waals surface area (Å²) < 4.78 is 9.15. The Morgan fingerprint density at radius 1 is 0.446 bits per heavy atom. The van der Waals surface area contributed by atoms with Crippen LogP contribution in [-0.4, -0.2) is 21.1 Å². The van der Waals surface area contributed by atoms with Crippen LogP contribution in [0.4, 0.5) is 0 Å². The van der Waals surface area contributed by atoms with Crippen molar-refractivity contribution in [3.05, 3.63) is 193 Å². The van der Waals surface area contributed by atoms with Crippen LogP contribution in [0.3, 0.4) is 0 Å². The maximum atomic E-state index is 6.63. The van der Waals surface area contributed by atoms with E-state index < -0.39 is 0 Å². The molecule has 2 aromatic heterocycles. The Labute approximate surface area is 328 Å². The topological polar surface area (TPSA) is 47.9 Å². The molecule has 0 saturated heterocycles. The summed E-state index contributed by atoms with van der Waals surface area (Å²) in [6.45, 7) is 0. The van der Waals surface area contributed by atoms with Gasteiger partial charge in [0.1, 0.15) is 11.9 Å². The highest BCUT2D eigenvalue weighted by Gasteiger charge is 2.34. The van der Waals surface area contributed by atoms with E-state index in [4.69, 9.17) is 19.7 Å². The van der Waals surface area contributed by atoms with E-state index in [0.29, 0.717) is 17.5 Å². The van der Waals surface area contributed by atoms with Crippen molar-refractivity contribution in [2.45, 2.75) is 12.5 Å². The fourth-order valence-corrected chi connectivity index (χ4v) is 9.17. The molecule has 0 spiro atoms. The standard InChI is InChI=1S/C51H33N3OS/c1-3-12-32(13-4-1)34-16-9-17-35(28-34)36-18-10-19-37(29-36)38-24-26-44-43(30-38)48-41(21-11-22-45(48)55-44)51-53-49(33-14-5-2-6-15-33)52-50(54-51)39-25-27-47-42(31-39)40-20-7-8-23-46(40)56-47/h1-21,23-31,45H,22H2. The lowest BCUT2D eigenvalue weighted by Gasteiger charge is -2.18. The van der Waals surface area contributed by atoms with E-state index in [1.54, 1.807) is 0 Å². The first-order valence-corrected chi connectivity index (χ1v) is 19.8. The summed E-state index contributed by atoms with van der Waals surface area (Å²) in [7, 11) is 0. The average Bonchev–Trinajstić information content (AvgIpc) is 3.85. The van der Waals surface area contributed by atoms with Crippen LogP contribution in [-0.2, 0) is 0 Å². The lowest BCUT2D eigenvalue weighted by molar-refractivity contribution is 0.279. The predicted molar refractivity (Wildman–Crippen MR) is 231 cm³/mol. The van der Waals surface area contributed by atoms with E-state index in [1.807, 2.05) is 29.5 Å². The molecule has 0 bridgehead atoms. The summed E-state index contributed by atoms with van der Waals surface area (Å²) in [5.74, 6) is 2.82. The monoisotopic (exact) mass is 735 g/mol. The summed E-state index contributed by atoms with van der Waals surface area (Å²) >= 11 is 1.81. The third-order valence-corrected chi connectivity index (χ3v) is 12.0. The third-order valence-electron chi connectivity index (χ3n) is 10.8. The van der Waals surface area contributed by atoms with Gasteiger partial charge in [-0.1, -0.05) is 133 Å². The molecule has 2 aliphatic rings. The second-order valence-corrected chi connectivity index (χ2v) is 15.4. The molecule has 0 N–H and O–H groups in total. The van der Waals surface area contributed by atoms with Gasteiger partial charge in [0.2, 0.25) is 0 Å². The Bertz CT molecular complexity index is 3040. The van der Waals surface area contributed by atoms with E-state index in [-0.39, 0.29) is 6.10 Å². The number of benzene rings is 7. The average molecular weight is 736 g/mol. The molecular weight excluding hydrogens is 703 g/mol. The molecule has 7 aromatic carbocycles. The Hall–Kier alpha value is -6.95. The van der Waals surface area contributed by atoms with Gasteiger partial charge in [-0.05, 0) is 81.9 Å². The van der Waals surface area contributed by atoms with Crippen LogP contribution in [0.2, 0.25) is 0 Å². The number of rotatable bonds is 6. The SMILES string of the molecule is C1=CC(c2nc(-c3ccccc3)nc(-c3ccc4sc5ccccc5c4c3)n2)=C2c3cc(-c4cccc(-c5cccc(-c6ccccc6)c5)c4)ccc3OC2C1. The Morgan fingerprint density at radius 2 is 1.02 bits per heavy atom. The van der Waals surface area contributed by atoms with E-state index in [2.05, 4.69) is 164 Å². The van der Waals surface area contributed by atoms with Crippen molar-refractivity contribution in [1.82, 2.24) is 15.0 Å². The number of allylic oxidation sites excluding steroid dienone is 2. The molecule has 5 heteroatoms. The maximum absolute atomic E-state index is 6.63. The second-order valence-electron chi connectivity index (χ2n) is 14.3. The van der Waals surface area contributed by atoms with E-state index in [0.717, 1.165) is 51.1 Å². The van der Waals surface area contributed by atoms with Crippen molar-refractivity contribution in [2.75, 3.05) is 0 Å². The fourth-order valence-electron chi connectivity index (χ4n) is 8.08. The quantitative estimate of drug-likeness (QED) is 0.171. The number of nitrogens with zero attached hydrogens (tertiary/aromatic N) is 3. The van der Waals surface area contributed by atoms with Crippen molar-refractivity contribution in [1.29, 1.82) is 0 Å². The van der Waals surface area contributed by atoms with Gasteiger partial charge in [0, 0.05) is 54.4 Å². The second kappa shape index (κ2) is 13.4. The van der Waals surface area contributed by atoms with Gasteiger partial charge in [-0.15, -0.1) is 11.3 Å². The van der Waals surface area contributed by atoms with Gasteiger partial charge < -0.3 is 4.74 Å². The minimum atomic E-state index is -0.124. The van der Waals surface area contributed by atoms with Crippen molar-refractivity contribution in [3.63, 3.8) is 0 Å². The molecule has 3 heterocycles. The Morgan fingerprint density at radius 3 is 1.77 bits per heavy atom. The zero-order valence-electron chi connectivity index (χ0n) is 30.3. The molecule has 1 aliphatic heterocycles. The highest BCUT2D eigenvalue weighted by Crippen LogP contribution is 2.47. The molecular formula is C51H33N3OS. The third kappa shape index (κ3) is 5.72. The molecule has 0 saturated carbocycles. The number of fused-ring (bicyclic) bond motifs is 6. The summed E-state index contributed by atoms with van der Waals surface area (Å²) in [4.78, 5) is 15.5. The van der Waals surface area contributed by atoms with Crippen molar-refractivity contribution < 1.29 is 4.74 Å². The lowest BCUT2D eigenvalue weighted by Crippen LogP contribution is -2.15. The summed E-state index contributed by atoms with van der Waals surface area (Å²) in [5, 5.41) is 2.46. The molecule has 4 nitrogen and oxygen atoms in total. The molecule has 1 atom stereocenters. The Balaban J connectivity index is 1.02. The van der Waals surface area contributed by atoms with Gasteiger partial charge in [-0.2, -0.15) is 0 Å². The molecule has 0 radical (unpaired) electrons. The first kappa shape index (κ1) is 32.5. The number of hydrogen-bond donors (Lipinski definition) is 0. The summed E-state index contributed by atoms with van der Waals surface area (Å²) in [6, 6.07) is 60.0. The first-order chi connectivity index (χ1) is 27.7. The predicted octanol–water partition coefficient (Wildman–Crippen LogP) is 13.2. The molecule has 0 fully saturated rings. The molecule has 56 heavy (non-hydrogen) atoms. The minimum absolute atomic E-state index is 0.124. The highest BCUT2D eigenvalue weighted by molar-refractivity contribution is 7.25. The largest absolute Gasteiger partial charge is 0.485 e. The van der Waals surface area contributed by atoms with Crippen LogP contribution in [0.25, 0.3) is 87.5 Å². The normalized spacial score (nSPS) is 14.5. The zero-order chi connectivity index (χ0) is 37.0. The fraction of sp³-hybridized carbons (Fsp3) is 0.0392. The van der Waals surface area contributed by atoms with Crippen LogP contribution in [0.5, 0.6) is 5.75 Å². The molecule has 1 unspecified atom stereocenters. The van der Waals surface area contributed by atoms with Crippen LogP contribution in [0.1, 0.15) is 17.8 Å². The summed E-state index contributed by atoms with van der Waals surface area (Å²) in [5.41, 5.74) is 12.1. The highest BCUT2D eigenvalue weighted by atomic mass is 32.1. The van der Waals surface area contributed by atoms with E-state index in [1.165, 1.54) is 42.4 Å². The van der Waals surface area contributed by atoms with Crippen molar-refractivity contribution in [2.24, 2.45) is 0 Å². The maximum Gasteiger partial charge on any atom is 0.164 e. The van der Waals surface area contributed by atoms with Gasteiger partial charge in [0.05, 0.1) is 0 Å².